The summed E-state index contributed by atoms with van der Waals surface area (Å²) in [6, 6.07) is 4.34. The average Bonchev–Trinajstić information content (AvgIpc) is 3.11. The predicted octanol–water partition coefficient (Wildman–Crippen LogP) is 1.52. The number of aryl methyl sites for hydroxylation is 1. The minimum Gasteiger partial charge on any atom is -0.463 e. The number of ether oxygens (including phenoxy) is 4. The Kier molecular flexibility index (Phi) is 10.2. The standard InChI is InChI=1S/C27H35N3O10/c1-7-8-11-30-20-10-9-14(2)12-19(20)22(26(30)35)29-40-27-23(28-15(3)31)25(38-18(6)34)24(37-17(5)33)21(39-27)13-36-16(4)32/h9-10,12,21,23-25,27H,7-8,11,13H2,1-6H3,(H,28,31)/b29-22+/t21-,23+,24+,25-,27+/m0/s1. The molecule has 40 heavy (non-hydrogen) atoms. The van der Waals surface area contributed by atoms with Crippen LogP contribution >= 0.6 is 0 Å². The summed E-state index contributed by atoms with van der Waals surface area (Å²) in [5.41, 5.74) is 2.19. The third kappa shape index (κ3) is 7.34. The van der Waals surface area contributed by atoms with Gasteiger partial charge in [-0.15, -0.1) is 0 Å². The third-order valence-corrected chi connectivity index (χ3v) is 6.20. The molecule has 2 aliphatic rings. The Hall–Kier alpha value is -4.00. The number of nitrogens with one attached hydrogen (secondary N) is 1. The van der Waals surface area contributed by atoms with Crippen LogP contribution in [0.4, 0.5) is 5.69 Å². The van der Waals surface area contributed by atoms with Crippen LogP contribution in [-0.4, -0.2) is 79.2 Å². The number of amides is 2. The van der Waals surface area contributed by atoms with E-state index in [0.29, 0.717) is 17.8 Å². The second-order valence-corrected chi connectivity index (χ2v) is 9.60. The van der Waals surface area contributed by atoms with Crippen LogP contribution in [0.1, 0.15) is 58.6 Å². The van der Waals surface area contributed by atoms with E-state index in [9.17, 15) is 24.0 Å². The molecule has 2 heterocycles. The van der Waals surface area contributed by atoms with E-state index in [0.717, 1.165) is 32.3 Å². The Morgan fingerprint density at radius 1 is 1.02 bits per heavy atom. The molecule has 1 aromatic carbocycles. The van der Waals surface area contributed by atoms with E-state index >= 15 is 0 Å². The van der Waals surface area contributed by atoms with Gasteiger partial charge in [-0.2, -0.15) is 0 Å². The van der Waals surface area contributed by atoms with E-state index in [1.54, 1.807) is 4.90 Å². The number of nitrogens with zero attached hydrogens (tertiary/aromatic N) is 2. The number of carbonyl (C=O) groups is 5. The van der Waals surface area contributed by atoms with Crippen molar-refractivity contribution in [1.29, 1.82) is 0 Å². The molecule has 0 unspecified atom stereocenters. The van der Waals surface area contributed by atoms with Crippen molar-refractivity contribution in [2.45, 2.75) is 85.0 Å². The molecule has 13 heteroatoms. The molecule has 1 aromatic rings. The first-order valence-corrected chi connectivity index (χ1v) is 13.0. The van der Waals surface area contributed by atoms with Gasteiger partial charge in [-0.3, -0.25) is 24.0 Å². The largest absolute Gasteiger partial charge is 0.463 e. The van der Waals surface area contributed by atoms with E-state index < -0.39 is 54.5 Å². The van der Waals surface area contributed by atoms with Crippen molar-refractivity contribution in [3.8, 4) is 0 Å². The molecule has 0 aromatic heterocycles. The van der Waals surface area contributed by atoms with Gasteiger partial charge in [-0.25, -0.2) is 0 Å². The Bertz CT molecular complexity index is 1180. The molecular formula is C27H35N3O10. The molecule has 0 radical (unpaired) electrons. The molecule has 0 saturated carbocycles. The monoisotopic (exact) mass is 561 g/mol. The highest BCUT2D eigenvalue weighted by molar-refractivity contribution is 6.54. The number of rotatable bonds is 10. The number of benzene rings is 1. The van der Waals surface area contributed by atoms with Crippen LogP contribution in [0.25, 0.3) is 0 Å². The predicted molar refractivity (Wildman–Crippen MR) is 140 cm³/mol. The van der Waals surface area contributed by atoms with Crippen LogP contribution in [0.2, 0.25) is 0 Å². The molecular weight excluding hydrogens is 526 g/mol. The molecule has 1 N–H and O–H groups in total. The molecule has 2 aliphatic heterocycles. The van der Waals surface area contributed by atoms with Gasteiger partial charge in [-0.05, 0) is 25.5 Å². The molecule has 13 nitrogen and oxygen atoms in total. The van der Waals surface area contributed by atoms with Gasteiger partial charge in [0.15, 0.2) is 17.9 Å². The average molecular weight is 562 g/mol. The van der Waals surface area contributed by atoms with Crippen molar-refractivity contribution < 1.29 is 47.8 Å². The normalized spacial score (nSPS) is 24.8. The van der Waals surface area contributed by atoms with Gasteiger partial charge in [0, 0.05) is 39.8 Å². The number of anilines is 1. The summed E-state index contributed by atoms with van der Waals surface area (Å²) in [6.45, 7) is 8.70. The quantitative estimate of drug-likeness (QED) is 0.252. The zero-order chi connectivity index (χ0) is 29.6. The van der Waals surface area contributed by atoms with Crippen LogP contribution in [0, 0.1) is 6.92 Å². The van der Waals surface area contributed by atoms with Gasteiger partial charge >= 0.3 is 17.9 Å². The lowest BCUT2D eigenvalue weighted by molar-refractivity contribution is -0.278. The first-order valence-electron chi connectivity index (χ1n) is 13.0. The molecule has 5 atom stereocenters. The van der Waals surface area contributed by atoms with E-state index in [1.165, 1.54) is 13.8 Å². The zero-order valence-electron chi connectivity index (χ0n) is 23.4. The van der Waals surface area contributed by atoms with Crippen molar-refractivity contribution in [2.24, 2.45) is 5.16 Å². The highest BCUT2D eigenvalue weighted by atomic mass is 16.8. The first-order chi connectivity index (χ1) is 18.9. The van der Waals surface area contributed by atoms with E-state index in [-0.39, 0.29) is 18.2 Å². The molecule has 1 saturated heterocycles. The van der Waals surface area contributed by atoms with Gasteiger partial charge < -0.3 is 34.0 Å². The number of hydrogen-bond donors (Lipinski definition) is 1. The number of fused-ring (bicyclic) bond motifs is 1. The van der Waals surface area contributed by atoms with Crippen molar-refractivity contribution in [2.75, 3.05) is 18.1 Å². The van der Waals surface area contributed by atoms with E-state index in [4.69, 9.17) is 23.8 Å². The number of oxime groups is 1. The van der Waals surface area contributed by atoms with Gasteiger partial charge in [0.25, 0.3) is 12.2 Å². The van der Waals surface area contributed by atoms with Crippen molar-refractivity contribution >= 4 is 41.1 Å². The molecule has 2 amide bonds. The maximum absolute atomic E-state index is 13.4. The lowest BCUT2D eigenvalue weighted by atomic mass is 9.96. The highest BCUT2D eigenvalue weighted by Crippen LogP contribution is 2.32. The fraction of sp³-hybridized carbons (Fsp3) is 0.556. The summed E-state index contributed by atoms with van der Waals surface area (Å²) in [6.07, 6.45) is -3.51. The molecule has 0 bridgehead atoms. The molecule has 0 aliphatic carbocycles. The summed E-state index contributed by atoms with van der Waals surface area (Å²) in [7, 11) is 0. The lowest BCUT2D eigenvalue weighted by Crippen LogP contribution is -2.66. The summed E-state index contributed by atoms with van der Waals surface area (Å²) < 4.78 is 21.9. The second-order valence-electron chi connectivity index (χ2n) is 9.60. The van der Waals surface area contributed by atoms with Crippen LogP contribution in [0.15, 0.2) is 23.4 Å². The fourth-order valence-corrected chi connectivity index (χ4v) is 4.54. The number of esters is 3. The number of unbranched alkanes of at least 4 members (excludes halogenated alkanes) is 1. The van der Waals surface area contributed by atoms with Crippen LogP contribution in [-0.2, 0) is 47.8 Å². The Labute approximate surface area is 232 Å². The Morgan fingerprint density at radius 3 is 2.30 bits per heavy atom. The van der Waals surface area contributed by atoms with Gasteiger partial charge in [0.05, 0.1) is 5.69 Å². The summed E-state index contributed by atoms with van der Waals surface area (Å²) in [4.78, 5) is 68.3. The van der Waals surface area contributed by atoms with Crippen molar-refractivity contribution in [3.63, 3.8) is 0 Å². The Balaban J connectivity index is 2.02. The summed E-state index contributed by atoms with van der Waals surface area (Å²) in [5, 5.41) is 6.75. The molecule has 1 fully saturated rings. The third-order valence-electron chi connectivity index (χ3n) is 6.20. The van der Waals surface area contributed by atoms with Crippen LogP contribution < -0.4 is 10.2 Å². The fourth-order valence-electron chi connectivity index (χ4n) is 4.54. The number of carbonyl (C=O) groups excluding carboxylic acids is 5. The lowest BCUT2D eigenvalue weighted by Gasteiger charge is -2.43. The zero-order valence-corrected chi connectivity index (χ0v) is 23.4. The number of hydrogen-bond acceptors (Lipinski definition) is 11. The molecule has 3 rings (SSSR count). The summed E-state index contributed by atoms with van der Waals surface area (Å²) in [5.74, 6) is -3.00. The molecule has 218 valence electrons. The summed E-state index contributed by atoms with van der Waals surface area (Å²) >= 11 is 0. The van der Waals surface area contributed by atoms with E-state index in [1.807, 2.05) is 32.0 Å². The van der Waals surface area contributed by atoms with Crippen molar-refractivity contribution in [3.05, 3.63) is 29.3 Å². The minimum absolute atomic E-state index is 0.0302. The highest BCUT2D eigenvalue weighted by Gasteiger charge is 2.52. The van der Waals surface area contributed by atoms with Crippen LogP contribution in [0.3, 0.4) is 0 Å². The first kappa shape index (κ1) is 30.5. The minimum atomic E-state index is -1.43. The topological polar surface area (TPSA) is 159 Å². The maximum Gasteiger partial charge on any atom is 0.303 e. The van der Waals surface area contributed by atoms with E-state index in [2.05, 4.69) is 10.5 Å². The van der Waals surface area contributed by atoms with Gasteiger partial charge in [0.1, 0.15) is 18.8 Å². The molecule has 0 spiro atoms. The Morgan fingerprint density at radius 2 is 1.70 bits per heavy atom. The maximum atomic E-state index is 13.4. The SMILES string of the molecule is CCCCN1C(=O)/C(=N/O[C@H]2O[C@@H](COC(C)=O)[C@@H](OC(C)=O)[C@@H](OC(C)=O)[C@H]2NC(C)=O)c2cc(C)ccc21. The van der Waals surface area contributed by atoms with Gasteiger partial charge in [0.2, 0.25) is 5.91 Å². The van der Waals surface area contributed by atoms with Crippen LogP contribution in [0.5, 0.6) is 0 Å². The second kappa shape index (κ2) is 13.4. The van der Waals surface area contributed by atoms with Gasteiger partial charge in [-0.1, -0.05) is 30.1 Å². The smallest absolute Gasteiger partial charge is 0.303 e. The van der Waals surface area contributed by atoms with Crippen molar-refractivity contribution in [1.82, 2.24) is 5.32 Å².